The molecule has 0 aliphatic carbocycles. The van der Waals surface area contributed by atoms with Crippen LogP contribution >= 0.6 is 0 Å². The van der Waals surface area contributed by atoms with Crippen molar-refractivity contribution in [2.75, 3.05) is 0 Å². The van der Waals surface area contributed by atoms with Crippen LogP contribution in [0, 0.1) is 0 Å². The number of carbonyl (C=O) groups is 2. The zero-order chi connectivity index (χ0) is 32.9. The van der Waals surface area contributed by atoms with Crippen molar-refractivity contribution in [2.45, 2.75) is 213 Å². The minimum atomic E-state index is -0.704. The van der Waals surface area contributed by atoms with Gasteiger partial charge in [-0.05, 0) is 76.7 Å². The van der Waals surface area contributed by atoms with Crippen molar-refractivity contribution in [2.24, 2.45) is 0 Å². The molecule has 0 aliphatic heterocycles. The van der Waals surface area contributed by atoms with Crippen LogP contribution in [0.1, 0.15) is 206 Å². The minimum absolute atomic E-state index is 0.0586. The molecule has 0 saturated carbocycles. The van der Waals surface area contributed by atoms with E-state index in [0.717, 1.165) is 70.6 Å². The lowest BCUT2D eigenvalue weighted by Gasteiger charge is -2.14. The SMILES string of the molecule is CCCCC/C=C\C/C=C\C(CCCCCCCCC(=O)O)OC(=O)CCCCCCCCC/C=C\CCCCCCCCC. The highest BCUT2D eigenvalue weighted by Gasteiger charge is 2.11. The number of ether oxygens (including phenoxy) is 1. The molecule has 262 valence electrons. The first-order valence-corrected chi connectivity index (χ1v) is 19.5. The maximum Gasteiger partial charge on any atom is 0.306 e. The Hall–Kier alpha value is -1.84. The van der Waals surface area contributed by atoms with Gasteiger partial charge in [0.2, 0.25) is 0 Å². The van der Waals surface area contributed by atoms with Crippen LogP contribution in [-0.4, -0.2) is 23.1 Å². The molecule has 0 aliphatic rings. The minimum Gasteiger partial charge on any atom is -0.481 e. The largest absolute Gasteiger partial charge is 0.481 e. The first-order valence-electron chi connectivity index (χ1n) is 19.5. The summed E-state index contributed by atoms with van der Waals surface area (Å²) in [7, 11) is 0. The molecule has 4 nitrogen and oxygen atoms in total. The topological polar surface area (TPSA) is 63.6 Å². The molecule has 0 aromatic carbocycles. The fourth-order valence-electron chi connectivity index (χ4n) is 5.66. The van der Waals surface area contributed by atoms with Crippen LogP contribution in [0.4, 0.5) is 0 Å². The molecule has 0 aromatic rings. The predicted molar refractivity (Wildman–Crippen MR) is 195 cm³/mol. The van der Waals surface area contributed by atoms with E-state index >= 15 is 0 Å². The van der Waals surface area contributed by atoms with Crippen LogP contribution in [0.25, 0.3) is 0 Å². The van der Waals surface area contributed by atoms with E-state index in [1.807, 2.05) is 0 Å². The summed E-state index contributed by atoms with van der Waals surface area (Å²) in [5.41, 5.74) is 0. The number of esters is 1. The van der Waals surface area contributed by atoms with Gasteiger partial charge >= 0.3 is 11.9 Å². The Labute approximate surface area is 279 Å². The average molecular weight is 631 g/mol. The van der Waals surface area contributed by atoms with Crippen molar-refractivity contribution in [3.8, 4) is 0 Å². The van der Waals surface area contributed by atoms with Crippen molar-refractivity contribution < 1.29 is 19.4 Å². The van der Waals surface area contributed by atoms with Gasteiger partial charge in [0.15, 0.2) is 0 Å². The average Bonchev–Trinajstić information content (AvgIpc) is 3.02. The first-order chi connectivity index (χ1) is 22.1. The zero-order valence-corrected chi connectivity index (χ0v) is 29.9. The lowest BCUT2D eigenvalue weighted by Crippen LogP contribution is -2.16. The van der Waals surface area contributed by atoms with Crippen LogP contribution in [0.5, 0.6) is 0 Å². The molecule has 0 saturated heterocycles. The van der Waals surface area contributed by atoms with Crippen LogP contribution < -0.4 is 0 Å². The summed E-state index contributed by atoms with van der Waals surface area (Å²) in [5.74, 6) is -0.762. The van der Waals surface area contributed by atoms with Gasteiger partial charge in [-0.1, -0.05) is 153 Å². The van der Waals surface area contributed by atoms with E-state index in [0.29, 0.717) is 6.42 Å². The van der Waals surface area contributed by atoms with E-state index in [4.69, 9.17) is 9.84 Å². The van der Waals surface area contributed by atoms with Gasteiger partial charge in [-0.25, -0.2) is 0 Å². The standard InChI is InChI=1S/C41H74O4/c1-3-5-7-9-11-13-14-15-16-17-18-19-20-21-22-24-30-34-38-41(44)45-39(35-31-27-23-12-10-8-6-4-2)36-32-28-25-26-29-33-37-40(42)43/h12,16-17,23,31,35,39H,3-11,13-15,18-22,24-30,32-34,36-38H2,1-2H3,(H,42,43)/b17-16-,23-12-,35-31-. The van der Waals surface area contributed by atoms with Gasteiger partial charge in [-0.3, -0.25) is 9.59 Å². The predicted octanol–water partition coefficient (Wildman–Crippen LogP) is 13.4. The highest BCUT2D eigenvalue weighted by molar-refractivity contribution is 5.69. The first kappa shape index (κ1) is 43.2. The zero-order valence-electron chi connectivity index (χ0n) is 29.9. The molecule has 0 radical (unpaired) electrons. The van der Waals surface area contributed by atoms with E-state index in [1.54, 1.807) is 0 Å². The molecular weight excluding hydrogens is 556 g/mol. The Morgan fingerprint density at radius 1 is 0.511 bits per heavy atom. The van der Waals surface area contributed by atoms with Gasteiger partial charge in [0, 0.05) is 12.8 Å². The maximum absolute atomic E-state index is 12.6. The van der Waals surface area contributed by atoms with Gasteiger partial charge in [-0.2, -0.15) is 0 Å². The van der Waals surface area contributed by atoms with E-state index in [9.17, 15) is 9.59 Å². The van der Waals surface area contributed by atoms with E-state index < -0.39 is 5.97 Å². The Bertz CT molecular complexity index is 723. The number of carboxylic acids is 1. The van der Waals surface area contributed by atoms with Crippen molar-refractivity contribution in [3.05, 3.63) is 36.5 Å². The summed E-state index contributed by atoms with van der Waals surface area (Å²) in [6, 6.07) is 0. The van der Waals surface area contributed by atoms with Crippen LogP contribution in [0.15, 0.2) is 36.5 Å². The number of hydrogen-bond acceptors (Lipinski definition) is 3. The van der Waals surface area contributed by atoms with Gasteiger partial charge in [0.25, 0.3) is 0 Å². The van der Waals surface area contributed by atoms with Gasteiger partial charge in [0.05, 0.1) is 0 Å². The third-order valence-corrected chi connectivity index (χ3v) is 8.57. The Morgan fingerprint density at radius 3 is 1.49 bits per heavy atom. The molecule has 0 fully saturated rings. The molecule has 0 rings (SSSR count). The van der Waals surface area contributed by atoms with Crippen molar-refractivity contribution in [3.63, 3.8) is 0 Å². The van der Waals surface area contributed by atoms with Crippen LogP contribution in [-0.2, 0) is 14.3 Å². The summed E-state index contributed by atoms with van der Waals surface area (Å²) >= 11 is 0. The molecule has 45 heavy (non-hydrogen) atoms. The van der Waals surface area contributed by atoms with E-state index in [1.165, 1.54) is 109 Å². The number of rotatable bonds is 35. The fourth-order valence-corrected chi connectivity index (χ4v) is 5.66. The second kappa shape index (κ2) is 36.6. The van der Waals surface area contributed by atoms with Crippen LogP contribution in [0.2, 0.25) is 0 Å². The van der Waals surface area contributed by atoms with Crippen LogP contribution in [0.3, 0.4) is 0 Å². The van der Waals surface area contributed by atoms with Gasteiger partial charge in [-0.15, -0.1) is 0 Å². The van der Waals surface area contributed by atoms with Gasteiger partial charge in [0.1, 0.15) is 6.10 Å². The number of allylic oxidation sites excluding steroid dienone is 5. The molecule has 0 amide bonds. The highest BCUT2D eigenvalue weighted by Crippen LogP contribution is 2.15. The lowest BCUT2D eigenvalue weighted by atomic mass is 10.1. The van der Waals surface area contributed by atoms with Gasteiger partial charge < -0.3 is 9.84 Å². The quantitative estimate of drug-likeness (QED) is 0.0430. The smallest absolute Gasteiger partial charge is 0.306 e. The maximum atomic E-state index is 12.6. The third kappa shape index (κ3) is 36.5. The lowest BCUT2D eigenvalue weighted by molar-refractivity contribution is -0.147. The number of unbranched alkanes of at least 4 members (excludes halogenated alkanes) is 22. The summed E-state index contributed by atoms with van der Waals surface area (Å²) < 4.78 is 5.89. The highest BCUT2D eigenvalue weighted by atomic mass is 16.5. The normalized spacial score (nSPS) is 12.6. The Balaban J connectivity index is 4.01. The van der Waals surface area contributed by atoms with Crippen molar-refractivity contribution in [1.29, 1.82) is 0 Å². The summed E-state index contributed by atoms with van der Waals surface area (Å²) in [6.07, 6.45) is 47.5. The number of aliphatic carboxylic acids is 1. The second-order valence-electron chi connectivity index (χ2n) is 13.1. The molecule has 1 N–H and O–H groups in total. The van der Waals surface area contributed by atoms with Crippen molar-refractivity contribution in [1.82, 2.24) is 0 Å². The molecule has 0 heterocycles. The summed E-state index contributed by atoms with van der Waals surface area (Å²) in [5, 5.41) is 8.76. The summed E-state index contributed by atoms with van der Waals surface area (Å²) in [4.78, 5) is 23.2. The summed E-state index contributed by atoms with van der Waals surface area (Å²) in [6.45, 7) is 4.51. The number of carboxylic acid groups (broad SMARTS) is 1. The Morgan fingerprint density at radius 2 is 0.933 bits per heavy atom. The van der Waals surface area contributed by atoms with E-state index in [-0.39, 0.29) is 18.5 Å². The molecule has 0 bridgehead atoms. The molecule has 0 spiro atoms. The Kier molecular flexibility index (Phi) is 35.1. The molecule has 1 atom stereocenters. The monoisotopic (exact) mass is 631 g/mol. The molecule has 4 heteroatoms. The molecule has 1 unspecified atom stereocenters. The number of hydrogen-bond donors (Lipinski definition) is 1. The van der Waals surface area contributed by atoms with Crippen molar-refractivity contribution >= 4 is 11.9 Å². The van der Waals surface area contributed by atoms with E-state index in [2.05, 4.69) is 50.3 Å². The number of carbonyl (C=O) groups excluding carboxylic acids is 1. The second-order valence-corrected chi connectivity index (χ2v) is 13.1. The third-order valence-electron chi connectivity index (χ3n) is 8.57. The molecular formula is C41H74O4. The molecule has 0 aromatic heterocycles. The fraction of sp³-hybridized carbons (Fsp3) is 0.805.